The molecular formula is C26H36N2O3. The molecule has 1 saturated heterocycles. The third kappa shape index (κ3) is 3.74. The van der Waals surface area contributed by atoms with Crippen LogP contribution in [0, 0.1) is 43.9 Å². The van der Waals surface area contributed by atoms with Crippen molar-refractivity contribution in [3.63, 3.8) is 0 Å². The zero-order chi connectivity index (χ0) is 21.8. The molecule has 2 amide bonds. The quantitative estimate of drug-likeness (QED) is 0.737. The number of rotatable bonds is 4. The summed E-state index contributed by atoms with van der Waals surface area (Å²) in [4.78, 5) is 30.2. The van der Waals surface area contributed by atoms with Gasteiger partial charge in [0.2, 0.25) is 5.91 Å². The van der Waals surface area contributed by atoms with Crippen molar-refractivity contribution < 1.29 is 14.3 Å². The van der Waals surface area contributed by atoms with Gasteiger partial charge in [-0.3, -0.25) is 9.59 Å². The fraction of sp³-hybridized carbons (Fsp3) is 0.692. The molecule has 6 rings (SSSR count). The molecule has 1 aromatic carbocycles. The van der Waals surface area contributed by atoms with Gasteiger partial charge in [0.25, 0.3) is 5.91 Å². The Hall–Kier alpha value is -2.04. The molecule has 5 heteroatoms. The van der Waals surface area contributed by atoms with E-state index in [-0.39, 0.29) is 17.9 Å². The van der Waals surface area contributed by atoms with E-state index in [9.17, 15) is 9.59 Å². The average Bonchev–Trinajstić information content (AvgIpc) is 2.75. The van der Waals surface area contributed by atoms with Crippen molar-refractivity contribution >= 4 is 11.8 Å². The van der Waals surface area contributed by atoms with Gasteiger partial charge in [-0.05, 0) is 93.7 Å². The van der Waals surface area contributed by atoms with E-state index < -0.39 is 0 Å². The first-order chi connectivity index (χ1) is 14.8. The second-order valence-electron chi connectivity index (χ2n) is 10.8. The van der Waals surface area contributed by atoms with Crippen molar-refractivity contribution in [2.75, 3.05) is 32.8 Å². The van der Waals surface area contributed by atoms with Crippen LogP contribution < -0.4 is 4.74 Å². The first-order valence-corrected chi connectivity index (χ1v) is 12.1. The van der Waals surface area contributed by atoms with E-state index >= 15 is 0 Å². The van der Waals surface area contributed by atoms with Gasteiger partial charge in [-0.1, -0.05) is 12.1 Å². The highest BCUT2D eigenvalue weighted by molar-refractivity contribution is 5.84. The highest BCUT2D eigenvalue weighted by Crippen LogP contribution is 2.60. The topological polar surface area (TPSA) is 49.9 Å². The van der Waals surface area contributed by atoms with Crippen molar-refractivity contribution in [2.45, 2.75) is 59.3 Å². The third-order valence-corrected chi connectivity index (χ3v) is 8.63. The van der Waals surface area contributed by atoms with Crippen molar-refractivity contribution in [1.82, 2.24) is 9.80 Å². The van der Waals surface area contributed by atoms with Gasteiger partial charge >= 0.3 is 0 Å². The number of amides is 2. The maximum atomic E-state index is 13.5. The molecule has 168 valence electrons. The summed E-state index contributed by atoms with van der Waals surface area (Å²) in [5.74, 6) is 3.57. The molecule has 1 aromatic rings. The second-order valence-corrected chi connectivity index (χ2v) is 10.8. The summed E-state index contributed by atoms with van der Waals surface area (Å²) < 4.78 is 5.93. The molecule has 5 nitrogen and oxygen atoms in total. The first kappa shape index (κ1) is 20.8. The van der Waals surface area contributed by atoms with Gasteiger partial charge in [-0.25, -0.2) is 0 Å². The maximum Gasteiger partial charge on any atom is 0.260 e. The fourth-order valence-corrected chi connectivity index (χ4v) is 7.24. The molecule has 31 heavy (non-hydrogen) atoms. The van der Waals surface area contributed by atoms with E-state index in [4.69, 9.17) is 4.74 Å². The predicted molar refractivity (Wildman–Crippen MR) is 120 cm³/mol. The standard InChI is InChI=1S/C26H36N2O3/c1-17-4-5-18(2)24(19(17)3)31-16-23(29)27-6-8-28(9-7-27)25(30)26-13-20-10-21(14-26)12-22(11-20)15-26/h4-5,20-22H,6-16H2,1-3H3. The van der Waals surface area contributed by atoms with Gasteiger partial charge in [0.1, 0.15) is 5.75 Å². The fourth-order valence-electron chi connectivity index (χ4n) is 7.24. The lowest BCUT2D eigenvalue weighted by molar-refractivity contribution is -0.160. The van der Waals surface area contributed by atoms with Gasteiger partial charge in [-0.2, -0.15) is 0 Å². The number of aryl methyl sites for hydroxylation is 2. The zero-order valence-electron chi connectivity index (χ0n) is 19.3. The van der Waals surface area contributed by atoms with Crippen LogP contribution in [0.2, 0.25) is 0 Å². The predicted octanol–water partition coefficient (Wildman–Crippen LogP) is 3.88. The number of nitrogens with zero attached hydrogens (tertiary/aromatic N) is 2. The van der Waals surface area contributed by atoms with Crippen molar-refractivity contribution in [2.24, 2.45) is 23.2 Å². The molecule has 0 aromatic heterocycles. The van der Waals surface area contributed by atoms with Crippen molar-refractivity contribution in [3.8, 4) is 5.75 Å². The Bertz CT molecular complexity index is 850. The highest BCUT2D eigenvalue weighted by Gasteiger charge is 2.55. The number of carbonyl (C=O) groups is 2. The van der Waals surface area contributed by atoms with Crippen LogP contribution in [0.4, 0.5) is 0 Å². The van der Waals surface area contributed by atoms with E-state index in [2.05, 4.69) is 17.9 Å². The minimum atomic E-state index is -0.0791. The summed E-state index contributed by atoms with van der Waals surface area (Å²) in [7, 11) is 0. The second kappa shape index (κ2) is 7.83. The van der Waals surface area contributed by atoms with Gasteiger partial charge in [0.05, 0.1) is 5.41 Å². The minimum absolute atomic E-state index is 0.0159. The average molecular weight is 425 g/mol. The van der Waals surface area contributed by atoms with Crippen molar-refractivity contribution in [3.05, 3.63) is 28.8 Å². The molecule has 1 aliphatic heterocycles. The highest BCUT2D eigenvalue weighted by atomic mass is 16.5. The number of ether oxygens (including phenoxy) is 1. The van der Waals surface area contributed by atoms with Crippen LogP contribution in [0.25, 0.3) is 0 Å². The van der Waals surface area contributed by atoms with E-state index in [1.54, 1.807) is 0 Å². The van der Waals surface area contributed by atoms with E-state index in [0.29, 0.717) is 32.1 Å². The number of piperazine rings is 1. The molecule has 0 spiro atoms. The third-order valence-electron chi connectivity index (χ3n) is 8.63. The maximum absolute atomic E-state index is 13.5. The lowest BCUT2D eigenvalue weighted by Crippen LogP contribution is -2.58. The Kier molecular flexibility index (Phi) is 5.26. The minimum Gasteiger partial charge on any atom is -0.483 e. The summed E-state index contributed by atoms with van der Waals surface area (Å²) in [6, 6.07) is 4.12. The SMILES string of the molecule is Cc1ccc(C)c(OCC(=O)N2CCN(C(=O)C34CC5CC(CC(C5)C3)C4)CC2)c1C. The Morgan fingerprint density at radius 3 is 1.97 bits per heavy atom. The van der Waals surface area contributed by atoms with Gasteiger partial charge in [0.15, 0.2) is 6.61 Å². The first-order valence-electron chi connectivity index (χ1n) is 12.1. The van der Waals surface area contributed by atoms with Gasteiger partial charge < -0.3 is 14.5 Å². The molecule has 0 unspecified atom stereocenters. The van der Waals surface area contributed by atoms with Crippen LogP contribution in [-0.4, -0.2) is 54.4 Å². The molecule has 0 atom stereocenters. The van der Waals surface area contributed by atoms with Crippen molar-refractivity contribution in [1.29, 1.82) is 0 Å². The zero-order valence-corrected chi connectivity index (χ0v) is 19.3. The Labute approximate surface area is 186 Å². The van der Waals surface area contributed by atoms with Crippen LogP contribution >= 0.6 is 0 Å². The van der Waals surface area contributed by atoms with E-state index in [1.807, 2.05) is 24.8 Å². The largest absolute Gasteiger partial charge is 0.483 e. The van der Waals surface area contributed by atoms with Crippen LogP contribution in [0.1, 0.15) is 55.2 Å². The lowest BCUT2D eigenvalue weighted by Gasteiger charge is -2.57. The summed E-state index contributed by atoms with van der Waals surface area (Å²) in [5.41, 5.74) is 3.25. The van der Waals surface area contributed by atoms with E-state index in [1.165, 1.54) is 24.8 Å². The molecule has 4 bridgehead atoms. The number of benzene rings is 1. The summed E-state index contributed by atoms with van der Waals surface area (Å²) >= 11 is 0. The number of carbonyl (C=O) groups excluding carboxylic acids is 2. The molecule has 0 radical (unpaired) electrons. The molecule has 5 aliphatic rings. The number of hydrogen-bond donors (Lipinski definition) is 0. The smallest absolute Gasteiger partial charge is 0.260 e. The van der Waals surface area contributed by atoms with Crippen LogP contribution in [0.15, 0.2) is 12.1 Å². The lowest BCUT2D eigenvalue weighted by atomic mass is 9.49. The van der Waals surface area contributed by atoms with Crippen LogP contribution in [0.3, 0.4) is 0 Å². The summed E-state index contributed by atoms with van der Waals surface area (Å²) in [6.45, 7) is 8.73. The van der Waals surface area contributed by atoms with Crippen LogP contribution in [-0.2, 0) is 9.59 Å². The molecule has 5 fully saturated rings. The normalized spacial score (nSPS) is 31.8. The summed E-state index contributed by atoms with van der Waals surface area (Å²) in [6.07, 6.45) is 7.40. The van der Waals surface area contributed by atoms with E-state index in [0.717, 1.165) is 53.9 Å². The van der Waals surface area contributed by atoms with Gasteiger partial charge in [-0.15, -0.1) is 0 Å². The van der Waals surface area contributed by atoms with Gasteiger partial charge in [0, 0.05) is 26.2 Å². The summed E-state index contributed by atoms with van der Waals surface area (Å²) in [5, 5.41) is 0. The Balaban J connectivity index is 1.16. The Morgan fingerprint density at radius 2 is 1.39 bits per heavy atom. The Morgan fingerprint density at radius 1 is 0.871 bits per heavy atom. The molecule has 0 N–H and O–H groups in total. The number of hydrogen-bond acceptors (Lipinski definition) is 3. The monoisotopic (exact) mass is 424 g/mol. The molecular weight excluding hydrogens is 388 g/mol. The molecule has 4 saturated carbocycles. The van der Waals surface area contributed by atoms with Crippen LogP contribution in [0.5, 0.6) is 5.75 Å². The molecule has 1 heterocycles. The molecule has 4 aliphatic carbocycles.